The Kier molecular flexibility index (Phi) is 8.80. The van der Waals surface area contributed by atoms with Crippen molar-refractivity contribution in [2.45, 2.75) is 13.8 Å². The number of guanidine groups is 1. The summed E-state index contributed by atoms with van der Waals surface area (Å²) in [4.78, 5) is 20.4. The summed E-state index contributed by atoms with van der Waals surface area (Å²) in [5, 5.41) is 7.23. The normalized spacial score (nSPS) is 15.8. The van der Waals surface area contributed by atoms with Crippen LogP contribution in [0.1, 0.15) is 13.8 Å². The van der Waals surface area contributed by atoms with Crippen molar-refractivity contribution in [3.8, 4) is 0 Å². The molecule has 0 aromatic carbocycles. The van der Waals surface area contributed by atoms with Gasteiger partial charge in [-0.1, -0.05) is 6.92 Å². The maximum absolute atomic E-state index is 12.5. The molecule has 2 heterocycles. The number of piperazine rings is 1. The zero-order valence-electron chi connectivity index (χ0n) is 15.4. The first-order chi connectivity index (χ1) is 11.9. The molecule has 1 saturated heterocycles. The molecular weight excluding hydrogens is 471 g/mol. The number of anilines is 1. The molecule has 0 spiro atoms. The average molecular weight is 498 g/mol. The van der Waals surface area contributed by atoms with Crippen molar-refractivity contribution in [2.75, 3.05) is 49.1 Å². The van der Waals surface area contributed by atoms with Crippen LogP contribution in [0, 0.1) is 0 Å². The molecule has 0 saturated carbocycles. The van der Waals surface area contributed by atoms with E-state index in [0.717, 1.165) is 5.69 Å². The number of hydrogen-bond acceptors (Lipinski definition) is 5. The van der Waals surface area contributed by atoms with Crippen LogP contribution in [0.15, 0.2) is 17.4 Å². The van der Waals surface area contributed by atoms with E-state index in [1.54, 1.807) is 22.7 Å². The number of aryl methyl sites for hydroxylation is 1. The molecule has 26 heavy (non-hydrogen) atoms. The van der Waals surface area contributed by atoms with Crippen LogP contribution in [0.5, 0.6) is 0 Å². The van der Waals surface area contributed by atoms with Crippen LogP contribution in [0.4, 0.5) is 5.69 Å². The van der Waals surface area contributed by atoms with Gasteiger partial charge in [0, 0.05) is 38.6 Å². The molecule has 1 aromatic heterocycles. The fraction of sp³-hybridized carbons (Fsp3) is 0.667. The highest BCUT2D eigenvalue weighted by atomic mass is 127. The second-order valence-electron chi connectivity index (χ2n) is 5.81. The van der Waals surface area contributed by atoms with E-state index in [4.69, 9.17) is 0 Å². The Labute approximate surface area is 171 Å². The van der Waals surface area contributed by atoms with Crippen molar-refractivity contribution in [1.82, 2.24) is 20.0 Å². The molecule has 1 aliphatic rings. The molecule has 148 valence electrons. The summed E-state index contributed by atoms with van der Waals surface area (Å²) < 4.78 is 24.9. The van der Waals surface area contributed by atoms with Crippen molar-refractivity contribution in [2.24, 2.45) is 12.0 Å². The second kappa shape index (κ2) is 10.1. The van der Waals surface area contributed by atoms with E-state index in [1.807, 2.05) is 25.1 Å². The maximum atomic E-state index is 12.5. The monoisotopic (exact) mass is 498 g/mol. The third kappa shape index (κ3) is 6.11. The molecule has 0 aliphatic carbocycles. The molecule has 9 nitrogen and oxygen atoms in total. The Morgan fingerprint density at radius 3 is 2.62 bits per heavy atom. The quantitative estimate of drug-likeness (QED) is 0.339. The lowest BCUT2D eigenvalue weighted by Gasteiger charge is -2.35. The average Bonchev–Trinajstić information content (AvgIpc) is 3.00. The van der Waals surface area contributed by atoms with Crippen LogP contribution in [0.2, 0.25) is 0 Å². The van der Waals surface area contributed by atoms with Gasteiger partial charge in [0.05, 0.1) is 24.2 Å². The third-order valence-corrected chi connectivity index (χ3v) is 5.65. The van der Waals surface area contributed by atoms with Gasteiger partial charge in [-0.3, -0.25) is 14.5 Å². The minimum Gasteiger partial charge on any atom is -0.357 e. The molecule has 1 aliphatic heterocycles. The smallest absolute Gasteiger partial charge is 0.246 e. The summed E-state index contributed by atoms with van der Waals surface area (Å²) >= 11 is 0. The molecule has 1 aromatic rings. The lowest BCUT2D eigenvalue weighted by molar-refractivity contribution is -0.120. The van der Waals surface area contributed by atoms with Crippen LogP contribution in [-0.2, 0) is 21.7 Å². The molecule has 1 N–H and O–H groups in total. The van der Waals surface area contributed by atoms with E-state index < -0.39 is 9.84 Å². The van der Waals surface area contributed by atoms with Crippen molar-refractivity contribution in [3.63, 3.8) is 0 Å². The van der Waals surface area contributed by atoms with Crippen LogP contribution >= 0.6 is 24.0 Å². The van der Waals surface area contributed by atoms with E-state index in [9.17, 15) is 13.2 Å². The highest BCUT2D eigenvalue weighted by Gasteiger charge is 2.27. The molecule has 0 atom stereocenters. The van der Waals surface area contributed by atoms with Crippen LogP contribution in [-0.4, -0.2) is 79.2 Å². The number of nitrogens with zero attached hydrogens (tertiary/aromatic N) is 5. The molecule has 0 bridgehead atoms. The molecule has 2 rings (SSSR count). The zero-order valence-corrected chi connectivity index (χ0v) is 18.5. The van der Waals surface area contributed by atoms with Crippen LogP contribution in [0.3, 0.4) is 0 Å². The van der Waals surface area contributed by atoms with E-state index >= 15 is 0 Å². The predicted octanol–water partition coefficient (Wildman–Crippen LogP) is 0.0869. The largest absolute Gasteiger partial charge is 0.357 e. The molecule has 11 heteroatoms. The summed E-state index contributed by atoms with van der Waals surface area (Å²) in [5.41, 5.74) is 0.781. The van der Waals surface area contributed by atoms with E-state index in [2.05, 4.69) is 15.4 Å². The van der Waals surface area contributed by atoms with Crippen molar-refractivity contribution in [1.29, 1.82) is 0 Å². The number of aromatic nitrogens is 2. The maximum Gasteiger partial charge on any atom is 0.246 e. The number of sulfone groups is 1. The Bertz CT molecular complexity index is 733. The molecule has 1 fully saturated rings. The Balaban J connectivity index is 0.00000338. The van der Waals surface area contributed by atoms with E-state index in [1.165, 1.54) is 0 Å². The number of carbonyl (C=O) groups excluding carboxylic acids is 1. The third-order valence-electron chi connectivity index (χ3n) is 3.96. The van der Waals surface area contributed by atoms with Crippen LogP contribution in [0.25, 0.3) is 0 Å². The number of nitrogens with one attached hydrogen (secondary N) is 1. The first kappa shape index (κ1) is 22.7. The van der Waals surface area contributed by atoms with Gasteiger partial charge in [-0.05, 0) is 6.92 Å². The summed E-state index contributed by atoms with van der Waals surface area (Å²) in [6.45, 7) is 5.74. The lowest BCUT2D eigenvalue weighted by Crippen LogP contribution is -2.55. The number of hydrogen-bond donors (Lipinski definition) is 1. The van der Waals surface area contributed by atoms with Gasteiger partial charge >= 0.3 is 0 Å². The fourth-order valence-corrected chi connectivity index (χ4v) is 3.19. The van der Waals surface area contributed by atoms with Crippen molar-refractivity contribution >= 4 is 51.4 Å². The first-order valence-electron chi connectivity index (χ1n) is 8.39. The number of carbonyl (C=O) groups is 1. The van der Waals surface area contributed by atoms with Gasteiger partial charge in [-0.2, -0.15) is 5.10 Å². The minimum atomic E-state index is -3.05. The number of aliphatic imine (C=N–C) groups is 1. The van der Waals surface area contributed by atoms with Gasteiger partial charge in [-0.15, -0.1) is 24.0 Å². The van der Waals surface area contributed by atoms with Gasteiger partial charge in [-0.25, -0.2) is 8.42 Å². The highest BCUT2D eigenvalue weighted by Crippen LogP contribution is 2.16. The molecule has 1 amide bonds. The van der Waals surface area contributed by atoms with Gasteiger partial charge in [0.15, 0.2) is 15.8 Å². The summed E-state index contributed by atoms with van der Waals surface area (Å²) in [6, 6.07) is 0. The Morgan fingerprint density at radius 1 is 1.35 bits per heavy atom. The predicted molar refractivity (Wildman–Crippen MR) is 113 cm³/mol. The summed E-state index contributed by atoms with van der Waals surface area (Å²) in [6.07, 6.45) is 3.48. The zero-order chi connectivity index (χ0) is 18.4. The van der Waals surface area contributed by atoms with E-state index in [0.29, 0.717) is 25.6 Å². The number of halogens is 1. The minimum absolute atomic E-state index is 0. The number of amides is 1. The first-order valence-corrected chi connectivity index (χ1v) is 10.2. The van der Waals surface area contributed by atoms with Crippen LogP contribution < -0.4 is 10.2 Å². The molecular formula is C15H27IN6O3S. The number of rotatable bonds is 6. The van der Waals surface area contributed by atoms with Gasteiger partial charge in [0.25, 0.3) is 0 Å². The van der Waals surface area contributed by atoms with E-state index in [-0.39, 0.29) is 54.5 Å². The van der Waals surface area contributed by atoms with Gasteiger partial charge in [0.2, 0.25) is 5.91 Å². The topological polar surface area (TPSA) is 99.9 Å². The van der Waals surface area contributed by atoms with Gasteiger partial charge in [0.1, 0.15) is 6.54 Å². The summed E-state index contributed by atoms with van der Waals surface area (Å²) in [5.74, 6) is 0.669. The van der Waals surface area contributed by atoms with Crippen molar-refractivity contribution in [3.05, 3.63) is 12.4 Å². The standard InChI is InChI=1S/C15H26N6O3S.HI/c1-4-16-15(17-6-9-25(23,24)5-2)20-7-8-21(14(22)12-20)13-10-18-19(3)11-13;/h10-11H,4-9,12H2,1-3H3,(H,16,17);1H. The van der Waals surface area contributed by atoms with Gasteiger partial charge < -0.3 is 15.1 Å². The summed E-state index contributed by atoms with van der Waals surface area (Å²) in [7, 11) is -1.24. The Morgan fingerprint density at radius 2 is 2.08 bits per heavy atom. The SMILES string of the molecule is CCNC(=NCCS(=O)(=O)CC)N1CCN(c2cnn(C)c2)C(=O)C1.I. The fourth-order valence-electron chi connectivity index (χ4n) is 2.54. The van der Waals surface area contributed by atoms with Crippen molar-refractivity contribution < 1.29 is 13.2 Å². The molecule has 0 unspecified atom stereocenters. The Hall–Kier alpha value is -1.37. The molecule has 0 radical (unpaired) electrons. The highest BCUT2D eigenvalue weighted by molar-refractivity contribution is 14.0. The lowest BCUT2D eigenvalue weighted by atomic mass is 10.3. The second-order valence-corrected chi connectivity index (χ2v) is 8.28.